The number of carbonyl (C=O) groups excluding carboxylic acids is 1. The summed E-state index contributed by atoms with van der Waals surface area (Å²) in [4.78, 5) is 11.8. The Hall–Kier alpha value is -0.830. The van der Waals surface area contributed by atoms with Crippen LogP contribution in [0.5, 0.6) is 0 Å². The van der Waals surface area contributed by atoms with Gasteiger partial charge in [-0.1, -0.05) is 38.8 Å². The van der Waals surface area contributed by atoms with Crippen LogP contribution in [0.15, 0.2) is 12.2 Å². The lowest BCUT2D eigenvalue weighted by Crippen LogP contribution is -2.39. The van der Waals surface area contributed by atoms with E-state index in [4.69, 9.17) is 0 Å². The summed E-state index contributed by atoms with van der Waals surface area (Å²) in [6.45, 7) is 4.54. The van der Waals surface area contributed by atoms with Crippen molar-refractivity contribution in [3.63, 3.8) is 0 Å². The van der Waals surface area contributed by atoms with Gasteiger partial charge in [0.1, 0.15) is 0 Å². The van der Waals surface area contributed by atoms with Crippen molar-refractivity contribution in [2.24, 2.45) is 11.8 Å². The molecule has 1 amide bonds. The van der Waals surface area contributed by atoms with E-state index >= 15 is 0 Å². The number of hydrogen-bond donors (Lipinski definition) is 2. The second-order valence-electron chi connectivity index (χ2n) is 4.87. The van der Waals surface area contributed by atoms with Gasteiger partial charge in [-0.2, -0.15) is 0 Å². The molecule has 17 heavy (non-hydrogen) atoms. The van der Waals surface area contributed by atoms with Gasteiger partial charge in [0.05, 0.1) is 6.10 Å². The smallest absolute Gasteiger partial charge is 0.223 e. The van der Waals surface area contributed by atoms with Crippen LogP contribution in [-0.2, 0) is 4.79 Å². The van der Waals surface area contributed by atoms with Gasteiger partial charge in [0.25, 0.3) is 0 Å². The maximum atomic E-state index is 11.8. The molecule has 0 radical (unpaired) electrons. The molecule has 1 rings (SSSR count). The second-order valence-corrected chi connectivity index (χ2v) is 4.87. The molecule has 2 N–H and O–H groups in total. The molecule has 0 aliphatic heterocycles. The zero-order valence-electron chi connectivity index (χ0n) is 11.0. The zero-order valence-corrected chi connectivity index (χ0v) is 11.0. The van der Waals surface area contributed by atoms with Gasteiger partial charge in [0.15, 0.2) is 0 Å². The van der Waals surface area contributed by atoms with Crippen molar-refractivity contribution in [3.8, 4) is 0 Å². The van der Waals surface area contributed by atoms with Crippen LogP contribution in [0, 0.1) is 11.8 Å². The molecule has 1 aliphatic rings. The average molecular weight is 239 g/mol. The first kappa shape index (κ1) is 14.2. The van der Waals surface area contributed by atoms with E-state index in [2.05, 4.69) is 31.3 Å². The average Bonchev–Trinajstić information content (AvgIpc) is 2.38. The number of hydrogen-bond acceptors (Lipinski definition) is 2. The van der Waals surface area contributed by atoms with E-state index in [9.17, 15) is 9.90 Å². The highest BCUT2D eigenvalue weighted by atomic mass is 16.3. The summed E-state index contributed by atoms with van der Waals surface area (Å²) in [5.41, 5.74) is 0. The van der Waals surface area contributed by atoms with Gasteiger partial charge in [0.2, 0.25) is 5.91 Å². The van der Waals surface area contributed by atoms with Crippen molar-refractivity contribution in [1.29, 1.82) is 0 Å². The van der Waals surface area contributed by atoms with Crippen LogP contribution in [0.25, 0.3) is 0 Å². The molecule has 0 heterocycles. The fourth-order valence-electron chi connectivity index (χ4n) is 2.38. The predicted octanol–water partition coefficient (Wildman–Crippen LogP) is 2.26. The molecule has 2 atom stereocenters. The Balaban J connectivity index is 2.29. The molecule has 0 aromatic heterocycles. The zero-order chi connectivity index (χ0) is 12.7. The number of amides is 1. The van der Waals surface area contributed by atoms with Gasteiger partial charge >= 0.3 is 0 Å². The van der Waals surface area contributed by atoms with E-state index in [1.807, 2.05) is 0 Å². The van der Waals surface area contributed by atoms with E-state index in [1.54, 1.807) is 0 Å². The minimum Gasteiger partial charge on any atom is -0.391 e. The standard InChI is InChI=1S/C14H25NO2/c1-3-11(4-2)13(16)10-15-14(17)12-8-6-5-7-9-12/h5-6,11-13,16H,3-4,7-10H2,1-2H3,(H,15,17). The van der Waals surface area contributed by atoms with Crippen molar-refractivity contribution >= 4 is 5.91 Å². The molecular weight excluding hydrogens is 214 g/mol. The Morgan fingerprint density at radius 2 is 2.12 bits per heavy atom. The Kier molecular flexibility index (Phi) is 6.27. The quantitative estimate of drug-likeness (QED) is 0.698. The molecule has 3 nitrogen and oxygen atoms in total. The van der Waals surface area contributed by atoms with Crippen LogP contribution in [0.1, 0.15) is 46.0 Å². The minimum atomic E-state index is -0.409. The molecule has 0 saturated heterocycles. The Labute approximate surface area is 104 Å². The summed E-state index contributed by atoms with van der Waals surface area (Å²) in [5.74, 6) is 0.495. The molecule has 0 spiro atoms. The van der Waals surface area contributed by atoms with E-state index in [1.165, 1.54) is 0 Å². The van der Waals surface area contributed by atoms with Gasteiger partial charge in [-0.15, -0.1) is 0 Å². The highest BCUT2D eigenvalue weighted by Crippen LogP contribution is 2.18. The number of rotatable bonds is 6. The largest absolute Gasteiger partial charge is 0.391 e. The van der Waals surface area contributed by atoms with Gasteiger partial charge in [-0.05, 0) is 25.2 Å². The third-order valence-corrected chi connectivity index (χ3v) is 3.72. The molecule has 1 aliphatic carbocycles. The minimum absolute atomic E-state index is 0.0966. The van der Waals surface area contributed by atoms with Crippen LogP contribution in [0.4, 0.5) is 0 Å². The first-order valence-electron chi connectivity index (χ1n) is 6.79. The van der Waals surface area contributed by atoms with Crippen LogP contribution in [0.2, 0.25) is 0 Å². The Morgan fingerprint density at radius 1 is 1.41 bits per heavy atom. The molecule has 0 bridgehead atoms. The third kappa shape index (κ3) is 4.50. The van der Waals surface area contributed by atoms with E-state index in [-0.39, 0.29) is 11.8 Å². The lowest BCUT2D eigenvalue weighted by molar-refractivity contribution is -0.125. The topological polar surface area (TPSA) is 49.3 Å². The SMILES string of the molecule is CCC(CC)C(O)CNC(=O)C1CC=CCC1. The monoisotopic (exact) mass is 239 g/mol. The fraction of sp³-hybridized carbons (Fsp3) is 0.786. The van der Waals surface area contributed by atoms with Crippen LogP contribution in [-0.4, -0.2) is 23.7 Å². The first-order valence-corrected chi connectivity index (χ1v) is 6.79. The number of aliphatic hydroxyl groups is 1. The molecule has 0 saturated carbocycles. The lowest BCUT2D eigenvalue weighted by atomic mass is 9.93. The lowest BCUT2D eigenvalue weighted by Gasteiger charge is -2.22. The van der Waals surface area contributed by atoms with Crippen molar-refractivity contribution in [3.05, 3.63) is 12.2 Å². The Bertz CT molecular complexity index is 259. The molecule has 0 fully saturated rings. The summed E-state index contributed by atoms with van der Waals surface area (Å²) in [6.07, 6.45) is 8.48. The predicted molar refractivity (Wildman–Crippen MR) is 69.6 cm³/mol. The summed E-state index contributed by atoms with van der Waals surface area (Å²) in [6, 6.07) is 0. The Morgan fingerprint density at radius 3 is 2.65 bits per heavy atom. The first-order chi connectivity index (χ1) is 8.19. The van der Waals surface area contributed by atoms with Crippen molar-refractivity contribution < 1.29 is 9.90 Å². The highest BCUT2D eigenvalue weighted by molar-refractivity contribution is 5.78. The van der Waals surface area contributed by atoms with E-state index in [0.29, 0.717) is 12.5 Å². The highest BCUT2D eigenvalue weighted by Gasteiger charge is 2.21. The van der Waals surface area contributed by atoms with E-state index in [0.717, 1.165) is 32.1 Å². The molecule has 0 aromatic rings. The van der Waals surface area contributed by atoms with Crippen molar-refractivity contribution in [2.75, 3.05) is 6.54 Å². The van der Waals surface area contributed by atoms with E-state index < -0.39 is 6.10 Å². The molecule has 2 unspecified atom stereocenters. The second kappa shape index (κ2) is 7.49. The number of nitrogens with one attached hydrogen (secondary N) is 1. The van der Waals surface area contributed by atoms with Crippen LogP contribution < -0.4 is 5.32 Å². The normalized spacial score (nSPS) is 21.5. The molecule has 98 valence electrons. The van der Waals surface area contributed by atoms with Crippen molar-refractivity contribution in [2.45, 2.75) is 52.1 Å². The van der Waals surface area contributed by atoms with Gasteiger partial charge < -0.3 is 10.4 Å². The maximum Gasteiger partial charge on any atom is 0.223 e. The molecular formula is C14H25NO2. The van der Waals surface area contributed by atoms with Crippen molar-refractivity contribution in [1.82, 2.24) is 5.32 Å². The maximum absolute atomic E-state index is 11.8. The van der Waals surface area contributed by atoms with Gasteiger partial charge in [-0.25, -0.2) is 0 Å². The molecule has 3 heteroatoms. The number of carbonyl (C=O) groups is 1. The third-order valence-electron chi connectivity index (χ3n) is 3.72. The summed E-state index contributed by atoms with van der Waals surface area (Å²) >= 11 is 0. The number of allylic oxidation sites excluding steroid dienone is 2. The van der Waals surface area contributed by atoms with Gasteiger partial charge in [-0.3, -0.25) is 4.79 Å². The fourth-order valence-corrected chi connectivity index (χ4v) is 2.38. The summed E-state index contributed by atoms with van der Waals surface area (Å²) < 4.78 is 0. The van der Waals surface area contributed by atoms with Crippen LogP contribution in [0.3, 0.4) is 0 Å². The molecule has 0 aromatic carbocycles. The van der Waals surface area contributed by atoms with Crippen LogP contribution >= 0.6 is 0 Å². The summed E-state index contributed by atoms with van der Waals surface area (Å²) in [7, 11) is 0. The van der Waals surface area contributed by atoms with Gasteiger partial charge in [0, 0.05) is 12.5 Å². The summed E-state index contributed by atoms with van der Waals surface area (Å²) in [5, 5.41) is 12.8. The number of aliphatic hydroxyl groups excluding tert-OH is 1.